The van der Waals surface area contributed by atoms with Crippen LogP contribution in [0.25, 0.3) is 28.3 Å². The summed E-state index contributed by atoms with van der Waals surface area (Å²) in [6.45, 7) is 5.88. The quantitative estimate of drug-likeness (QED) is 0.356. The van der Waals surface area contributed by atoms with Crippen LogP contribution in [0.2, 0.25) is 0 Å². The van der Waals surface area contributed by atoms with Crippen molar-refractivity contribution in [2.24, 2.45) is 0 Å². The number of ether oxygens (including phenoxy) is 1. The molecule has 2 aliphatic rings. The van der Waals surface area contributed by atoms with Gasteiger partial charge in [-0.05, 0) is 68.3 Å². The second-order valence-corrected chi connectivity index (χ2v) is 8.25. The second-order valence-electron chi connectivity index (χ2n) is 8.25. The Kier molecular flexibility index (Phi) is 5.17. The van der Waals surface area contributed by atoms with Gasteiger partial charge in [0.15, 0.2) is 5.82 Å². The average molecular weight is 442 g/mol. The Morgan fingerprint density at radius 1 is 1.03 bits per heavy atom. The third-order valence-corrected chi connectivity index (χ3v) is 5.90. The molecule has 3 aromatic rings. The highest BCUT2D eigenvalue weighted by Crippen LogP contribution is 2.36. The Balaban J connectivity index is 1.54. The van der Waals surface area contributed by atoms with E-state index in [1.165, 1.54) is 6.07 Å². The summed E-state index contributed by atoms with van der Waals surface area (Å²) >= 11 is 0. The van der Waals surface area contributed by atoms with Crippen LogP contribution < -0.4 is 4.74 Å². The molecular weight excluding hydrogens is 417 g/mol. The minimum absolute atomic E-state index is 0.103. The maximum absolute atomic E-state index is 14.0. The van der Waals surface area contributed by atoms with Crippen LogP contribution in [0, 0.1) is 19.7 Å². The zero-order valence-corrected chi connectivity index (χ0v) is 19.0. The topological polar surface area (TPSA) is 57.8 Å². The van der Waals surface area contributed by atoms with E-state index < -0.39 is 0 Å². The van der Waals surface area contributed by atoms with Crippen molar-refractivity contribution in [3.63, 3.8) is 0 Å². The minimum atomic E-state index is -0.237. The first-order chi connectivity index (χ1) is 15.9. The van der Waals surface area contributed by atoms with Crippen LogP contribution in [0.1, 0.15) is 29.8 Å². The summed E-state index contributed by atoms with van der Waals surface area (Å²) in [5.41, 5.74) is 6.20. The molecule has 2 aromatic carbocycles. The van der Waals surface area contributed by atoms with Gasteiger partial charge in [-0.25, -0.2) is 9.37 Å². The van der Waals surface area contributed by atoms with Crippen LogP contribution in [-0.4, -0.2) is 31.4 Å². The number of nitrogens with zero attached hydrogens (tertiary/aromatic N) is 5. The molecule has 0 N–H and O–H groups in total. The molecule has 0 aliphatic carbocycles. The number of pyridine rings is 1. The van der Waals surface area contributed by atoms with Crippen molar-refractivity contribution in [1.82, 2.24) is 24.3 Å². The van der Waals surface area contributed by atoms with Gasteiger partial charge in [-0.15, -0.1) is 10.2 Å². The maximum Gasteiger partial charge on any atom is 0.165 e. The Morgan fingerprint density at radius 2 is 1.88 bits per heavy atom. The van der Waals surface area contributed by atoms with Crippen molar-refractivity contribution in [3.05, 3.63) is 89.9 Å². The molecular formula is C26H24FN5O. The lowest BCUT2D eigenvalue weighted by molar-refractivity contribution is 0.413. The minimum Gasteiger partial charge on any atom is -0.495 e. The lowest BCUT2D eigenvalue weighted by Gasteiger charge is -2.20. The first-order valence-electron chi connectivity index (χ1n) is 10.7. The molecule has 3 heterocycles. The highest BCUT2D eigenvalue weighted by molar-refractivity contribution is 5.80. The van der Waals surface area contributed by atoms with Crippen molar-refractivity contribution < 1.29 is 9.13 Å². The van der Waals surface area contributed by atoms with Gasteiger partial charge in [-0.2, -0.15) is 0 Å². The summed E-state index contributed by atoms with van der Waals surface area (Å²) in [4.78, 5) is 4.30. The van der Waals surface area contributed by atoms with E-state index in [0.717, 1.165) is 45.2 Å². The molecule has 5 rings (SSSR count). The Bertz CT molecular complexity index is 1400. The molecule has 1 unspecified atom stereocenters. The molecule has 166 valence electrons. The van der Waals surface area contributed by atoms with E-state index in [1.807, 2.05) is 78.7 Å². The van der Waals surface area contributed by atoms with Crippen molar-refractivity contribution in [1.29, 1.82) is 0 Å². The van der Waals surface area contributed by atoms with Crippen LogP contribution >= 0.6 is 0 Å². The number of benzene rings is 2. The Hall–Kier alpha value is -4.00. The van der Waals surface area contributed by atoms with Crippen molar-refractivity contribution >= 4 is 0 Å². The second kappa shape index (κ2) is 8.16. The number of imidazole rings is 1. The number of methoxy groups -OCH3 is 1. The molecule has 33 heavy (non-hydrogen) atoms. The molecule has 0 amide bonds. The number of hydrogen-bond donors (Lipinski definition) is 0. The van der Waals surface area contributed by atoms with Crippen molar-refractivity contribution in [2.75, 3.05) is 7.11 Å². The molecule has 0 bridgehead atoms. The molecule has 2 aliphatic heterocycles. The van der Waals surface area contributed by atoms with Crippen LogP contribution in [-0.2, 0) is 0 Å². The van der Waals surface area contributed by atoms with Crippen molar-refractivity contribution in [2.45, 2.75) is 26.8 Å². The standard InChI is InChI=1S/C26H24FN5O/c1-16-10-20(12-21(27)11-16)18(3)32-9-5-6-22-25(29-30-26(22)32)19-7-8-23(24(13-19)33-4)31-14-17(2)28-15-31/h5-15,18H,1-4H3. The predicted octanol–water partition coefficient (Wildman–Crippen LogP) is 5.61. The van der Waals surface area contributed by atoms with E-state index in [4.69, 9.17) is 4.74 Å². The number of aryl methyl sites for hydroxylation is 2. The molecule has 0 spiro atoms. The van der Waals surface area contributed by atoms with Crippen LogP contribution in [0.3, 0.4) is 0 Å². The third-order valence-electron chi connectivity index (χ3n) is 5.90. The molecule has 7 heteroatoms. The monoisotopic (exact) mass is 441 g/mol. The first-order valence-corrected chi connectivity index (χ1v) is 10.7. The summed E-state index contributed by atoms with van der Waals surface area (Å²) in [5, 5.41) is 8.99. The van der Waals surface area contributed by atoms with Crippen LogP contribution in [0.15, 0.2) is 67.3 Å². The zero-order chi connectivity index (χ0) is 23.1. The van der Waals surface area contributed by atoms with Gasteiger partial charge < -0.3 is 13.9 Å². The number of aromatic nitrogens is 5. The molecule has 0 saturated heterocycles. The average Bonchev–Trinajstić information content (AvgIpc) is 3.43. The van der Waals surface area contributed by atoms with Crippen LogP contribution in [0.4, 0.5) is 4.39 Å². The maximum atomic E-state index is 14.0. The molecule has 0 fully saturated rings. The van der Waals surface area contributed by atoms with E-state index >= 15 is 0 Å². The van der Waals surface area contributed by atoms with Crippen LogP contribution in [0.5, 0.6) is 5.75 Å². The molecule has 1 aromatic heterocycles. The summed E-state index contributed by atoms with van der Waals surface area (Å²) < 4.78 is 23.6. The lowest BCUT2D eigenvalue weighted by Crippen LogP contribution is -2.11. The van der Waals surface area contributed by atoms with E-state index in [1.54, 1.807) is 19.5 Å². The van der Waals surface area contributed by atoms with Gasteiger partial charge in [-0.3, -0.25) is 0 Å². The predicted molar refractivity (Wildman–Crippen MR) is 125 cm³/mol. The highest BCUT2D eigenvalue weighted by atomic mass is 19.1. The summed E-state index contributed by atoms with van der Waals surface area (Å²) in [6.07, 6.45) is 5.67. The fraction of sp³-hybridized carbons (Fsp3) is 0.192. The summed E-state index contributed by atoms with van der Waals surface area (Å²) in [7, 11) is 1.65. The SMILES string of the molecule is COc1cc(-c2nnc3n(C(C)c4cc(C)cc(F)c4)cccc2-3)ccc1-n1cnc(C)c1. The molecule has 1 atom stereocenters. The number of rotatable bonds is 5. The normalized spacial score (nSPS) is 12.3. The fourth-order valence-electron chi connectivity index (χ4n) is 4.24. The Labute approximate surface area is 191 Å². The number of hydrogen-bond acceptors (Lipinski definition) is 4. The first kappa shape index (κ1) is 20.9. The number of halogens is 1. The Morgan fingerprint density at radius 3 is 2.61 bits per heavy atom. The molecule has 6 nitrogen and oxygen atoms in total. The third kappa shape index (κ3) is 3.75. The fourth-order valence-corrected chi connectivity index (χ4v) is 4.24. The largest absolute Gasteiger partial charge is 0.495 e. The van der Waals surface area contributed by atoms with E-state index in [9.17, 15) is 4.39 Å². The molecule has 0 radical (unpaired) electrons. The summed E-state index contributed by atoms with van der Waals surface area (Å²) in [6, 6.07) is 14.9. The van der Waals surface area contributed by atoms with E-state index in [2.05, 4.69) is 15.2 Å². The summed E-state index contributed by atoms with van der Waals surface area (Å²) in [5.74, 6) is 1.22. The van der Waals surface area contributed by atoms with Gasteiger partial charge in [0.05, 0.1) is 30.9 Å². The highest BCUT2D eigenvalue weighted by Gasteiger charge is 2.22. The smallest absolute Gasteiger partial charge is 0.165 e. The zero-order valence-electron chi connectivity index (χ0n) is 19.0. The lowest BCUT2D eigenvalue weighted by atomic mass is 10.0. The van der Waals surface area contributed by atoms with Gasteiger partial charge >= 0.3 is 0 Å². The van der Waals surface area contributed by atoms with Crippen molar-refractivity contribution in [3.8, 4) is 34.1 Å². The molecule has 0 saturated carbocycles. The van der Waals surface area contributed by atoms with Gasteiger partial charge in [0.1, 0.15) is 17.3 Å². The van der Waals surface area contributed by atoms with E-state index in [0.29, 0.717) is 5.75 Å². The number of fused-ring (bicyclic) bond motifs is 1. The van der Waals surface area contributed by atoms with E-state index in [-0.39, 0.29) is 11.9 Å². The van der Waals surface area contributed by atoms with Gasteiger partial charge in [-0.1, -0.05) is 12.1 Å². The van der Waals surface area contributed by atoms with Gasteiger partial charge in [0, 0.05) is 23.5 Å². The van der Waals surface area contributed by atoms with Gasteiger partial charge in [0.25, 0.3) is 0 Å². The van der Waals surface area contributed by atoms with Gasteiger partial charge in [0.2, 0.25) is 0 Å².